The molecule has 0 fully saturated rings. The third kappa shape index (κ3) is 1.82. The first-order chi connectivity index (χ1) is 8.24. The Morgan fingerprint density at radius 1 is 1.24 bits per heavy atom. The van der Waals surface area contributed by atoms with Gasteiger partial charge in [0, 0.05) is 28.6 Å². The van der Waals surface area contributed by atoms with Crippen molar-refractivity contribution in [2.45, 2.75) is 6.92 Å². The number of fused-ring (bicyclic) bond motifs is 1. The summed E-state index contributed by atoms with van der Waals surface area (Å²) in [6.45, 7) is 2.02. The van der Waals surface area contributed by atoms with E-state index in [4.69, 9.17) is 0 Å². The van der Waals surface area contributed by atoms with E-state index in [0.29, 0.717) is 5.82 Å². The number of aryl methyl sites for hydroxylation is 1. The maximum Gasteiger partial charge on any atom is 0.182 e. The second kappa shape index (κ2) is 3.92. The van der Waals surface area contributed by atoms with Crippen LogP contribution in [0, 0.1) is 6.92 Å². The highest BCUT2D eigenvalue weighted by Crippen LogP contribution is 2.19. The van der Waals surface area contributed by atoms with Crippen molar-refractivity contribution in [3.05, 3.63) is 46.8 Å². The van der Waals surface area contributed by atoms with Crippen molar-refractivity contribution >= 4 is 21.6 Å². The monoisotopic (exact) mass is 288 g/mol. The van der Waals surface area contributed by atoms with Gasteiger partial charge in [0.25, 0.3) is 0 Å². The summed E-state index contributed by atoms with van der Waals surface area (Å²) in [4.78, 5) is 8.51. The fourth-order valence-corrected chi connectivity index (χ4v) is 2.27. The lowest BCUT2D eigenvalue weighted by Gasteiger charge is -1.96. The Kier molecular flexibility index (Phi) is 2.40. The fourth-order valence-electron chi connectivity index (χ4n) is 1.73. The molecule has 0 saturated heterocycles. The molecule has 4 nitrogen and oxygen atoms in total. The summed E-state index contributed by atoms with van der Waals surface area (Å²) in [5.74, 6) is 0.716. The van der Waals surface area contributed by atoms with Gasteiger partial charge in [0.1, 0.15) is 0 Å². The molecule has 5 heteroatoms. The van der Waals surface area contributed by atoms with Crippen LogP contribution in [-0.2, 0) is 0 Å². The van der Waals surface area contributed by atoms with Gasteiger partial charge in [-0.2, -0.15) is 0 Å². The van der Waals surface area contributed by atoms with Crippen LogP contribution in [0.4, 0.5) is 0 Å². The van der Waals surface area contributed by atoms with Gasteiger partial charge in [0.05, 0.1) is 0 Å². The standard InChI is InChI=1S/C12H9BrN4/c1-8-6-10(13)7-17-12(8)15-11(16-17)9-2-4-14-5-3-9/h2-7H,1H3. The highest BCUT2D eigenvalue weighted by Gasteiger charge is 2.08. The highest BCUT2D eigenvalue weighted by molar-refractivity contribution is 9.10. The molecule has 3 aromatic heterocycles. The zero-order chi connectivity index (χ0) is 11.8. The van der Waals surface area contributed by atoms with Crippen LogP contribution in [0.1, 0.15) is 5.56 Å². The van der Waals surface area contributed by atoms with Crippen LogP contribution < -0.4 is 0 Å². The highest BCUT2D eigenvalue weighted by atomic mass is 79.9. The minimum atomic E-state index is 0.716. The van der Waals surface area contributed by atoms with Crippen LogP contribution in [0.2, 0.25) is 0 Å². The minimum absolute atomic E-state index is 0.716. The van der Waals surface area contributed by atoms with Crippen LogP contribution in [0.5, 0.6) is 0 Å². The maximum atomic E-state index is 4.53. The predicted molar refractivity (Wildman–Crippen MR) is 68.7 cm³/mol. The third-order valence-electron chi connectivity index (χ3n) is 2.52. The Morgan fingerprint density at radius 3 is 2.76 bits per heavy atom. The van der Waals surface area contributed by atoms with Crippen molar-refractivity contribution in [3.63, 3.8) is 0 Å². The fraction of sp³-hybridized carbons (Fsp3) is 0.0833. The molecule has 0 unspecified atom stereocenters. The van der Waals surface area contributed by atoms with Gasteiger partial charge in [0.2, 0.25) is 0 Å². The van der Waals surface area contributed by atoms with Crippen LogP contribution in [0.15, 0.2) is 41.3 Å². The molecule has 0 N–H and O–H groups in total. The summed E-state index contributed by atoms with van der Waals surface area (Å²) in [5.41, 5.74) is 2.94. The van der Waals surface area contributed by atoms with Crippen LogP contribution in [0.3, 0.4) is 0 Å². The quantitative estimate of drug-likeness (QED) is 0.692. The van der Waals surface area contributed by atoms with Crippen molar-refractivity contribution in [3.8, 4) is 11.4 Å². The van der Waals surface area contributed by atoms with Crippen LogP contribution in [-0.4, -0.2) is 19.6 Å². The lowest BCUT2D eigenvalue weighted by molar-refractivity contribution is 0.955. The first kappa shape index (κ1) is 10.4. The smallest absolute Gasteiger partial charge is 0.182 e. The van der Waals surface area contributed by atoms with E-state index >= 15 is 0 Å². The number of hydrogen-bond acceptors (Lipinski definition) is 3. The maximum absolute atomic E-state index is 4.53. The van der Waals surface area contributed by atoms with E-state index in [2.05, 4.69) is 31.0 Å². The number of pyridine rings is 2. The van der Waals surface area contributed by atoms with E-state index in [1.54, 1.807) is 16.9 Å². The molecule has 0 atom stereocenters. The number of halogens is 1. The molecular formula is C12H9BrN4. The summed E-state index contributed by atoms with van der Waals surface area (Å²) in [7, 11) is 0. The minimum Gasteiger partial charge on any atom is -0.265 e. The SMILES string of the molecule is Cc1cc(Br)cn2nc(-c3ccncc3)nc12. The Balaban J connectivity index is 2.24. The van der Waals surface area contributed by atoms with Crippen LogP contribution >= 0.6 is 15.9 Å². The first-order valence-electron chi connectivity index (χ1n) is 5.17. The molecule has 0 amide bonds. The second-order valence-corrected chi connectivity index (χ2v) is 4.70. The molecule has 0 bridgehead atoms. The molecule has 0 aromatic carbocycles. The molecule has 3 heterocycles. The lowest BCUT2D eigenvalue weighted by Crippen LogP contribution is -1.89. The van der Waals surface area contributed by atoms with Gasteiger partial charge in [-0.15, -0.1) is 5.10 Å². The van der Waals surface area contributed by atoms with Crippen molar-refractivity contribution < 1.29 is 0 Å². The van der Waals surface area contributed by atoms with Gasteiger partial charge in [-0.3, -0.25) is 4.98 Å². The van der Waals surface area contributed by atoms with Gasteiger partial charge in [-0.05, 0) is 46.6 Å². The predicted octanol–water partition coefficient (Wildman–Crippen LogP) is 2.86. The van der Waals surface area contributed by atoms with Crippen molar-refractivity contribution in [2.75, 3.05) is 0 Å². The topological polar surface area (TPSA) is 43.1 Å². The molecule has 0 spiro atoms. The third-order valence-corrected chi connectivity index (χ3v) is 2.96. The molecule has 3 rings (SSSR count). The zero-order valence-electron chi connectivity index (χ0n) is 9.13. The molecule has 17 heavy (non-hydrogen) atoms. The average molecular weight is 289 g/mol. The lowest BCUT2D eigenvalue weighted by atomic mass is 10.2. The van der Waals surface area contributed by atoms with Gasteiger partial charge in [-0.25, -0.2) is 9.50 Å². The van der Waals surface area contributed by atoms with E-state index in [9.17, 15) is 0 Å². The number of rotatable bonds is 1. The van der Waals surface area contributed by atoms with Gasteiger partial charge >= 0.3 is 0 Å². The Labute approximate surface area is 106 Å². The summed E-state index contributed by atoms with van der Waals surface area (Å²) in [6.07, 6.45) is 5.38. The van der Waals surface area contributed by atoms with E-state index in [1.807, 2.05) is 31.3 Å². The first-order valence-corrected chi connectivity index (χ1v) is 5.96. The summed E-state index contributed by atoms with van der Waals surface area (Å²) < 4.78 is 2.78. The van der Waals surface area contributed by atoms with E-state index in [-0.39, 0.29) is 0 Å². The molecular weight excluding hydrogens is 280 g/mol. The van der Waals surface area contributed by atoms with Gasteiger partial charge in [-0.1, -0.05) is 0 Å². The molecule has 0 radical (unpaired) electrons. The van der Waals surface area contributed by atoms with Gasteiger partial charge in [0.15, 0.2) is 11.5 Å². The Morgan fingerprint density at radius 2 is 2.00 bits per heavy atom. The normalized spacial score (nSPS) is 10.9. The van der Waals surface area contributed by atoms with Crippen LogP contribution in [0.25, 0.3) is 17.0 Å². The van der Waals surface area contributed by atoms with Crippen molar-refractivity contribution in [1.82, 2.24) is 19.6 Å². The summed E-state index contributed by atoms with van der Waals surface area (Å²) in [6, 6.07) is 5.83. The van der Waals surface area contributed by atoms with Gasteiger partial charge < -0.3 is 0 Å². The molecule has 0 saturated carbocycles. The molecule has 0 aliphatic rings. The average Bonchev–Trinajstić information content (AvgIpc) is 2.74. The second-order valence-electron chi connectivity index (χ2n) is 3.78. The Hall–Kier alpha value is -1.75. The molecule has 0 aliphatic heterocycles. The van der Waals surface area contributed by atoms with Crippen molar-refractivity contribution in [2.24, 2.45) is 0 Å². The van der Waals surface area contributed by atoms with Crippen molar-refractivity contribution in [1.29, 1.82) is 0 Å². The molecule has 3 aromatic rings. The van der Waals surface area contributed by atoms with E-state index in [0.717, 1.165) is 21.2 Å². The number of aromatic nitrogens is 4. The Bertz CT molecular complexity index is 676. The summed E-state index contributed by atoms with van der Waals surface area (Å²) in [5, 5.41) is 4.45. The molecule has 0 aliphatic carbocycles. The largest absolute Gasteiger partial charge is 0.265 e. The summed E-state index contributed by atoms with van der Waals surface area (Å²) >= 11 is 3.45. The van der Waals surface area contributed by atoms with E-state index < -0.39 is 0 Å². The zero-order valence-corrected chi connectivity index (χ0v) is 10.7. The number of hydrogen-bond donors (Lipinski definition) is 0. The number of nitrogens with zero attached hydrogens (tertiary/aromatic N) is 4. The molecule has 84 valence electrons. The van der Waals surface area contributed by atoms with E-state index in [1.165, 1.54) is 0 Å².